The molecule has 0 fully saturated rings. The fourth-order valence-electron chi connectivity index (χ4n) is 1.98. The molecule has 8 heteroatoms. The van der Waals surface area contributed by atoms with Gasteiger partial charge in [-0.05, 0) is 11.8 Å². The summed E-state index contributed by atoms with van der Waals surface area (Å²) < 4.78 is 23.5. The third-order valence-electron chi connectivity index (χ3n) is 2.80. The summed E-state index contributed by atoms with van der Waals surface area (Å²) in [5, 5.41) is 11.7. The molecule has 1 rings (SSSR count). The van der Waals surface area contributed by atoms with Crippen LogP contribution >= 0.6 is 0 Å². The molecule has 1 aromatic heterocycles. The first kappa shape index (κ1) is 16.6. The van der Waals surface area contributed by atoms with E-state index in [0.29, 0.717) is 12.2 Å². The van der Waals surface area contributed by atoms with Gasteiger partial charge in [-0.15, -0.1) is 0 Å². The highest BCUT2D eigenvalue weighted by atomic mass is 32.2. The predicted molar refractivity (Wildman–Crippen MR) is 75.8 cm³/mol. The summed E-state index contributed by atoms with van der Waals surface area (Å²) in [6, 6.07) is 0. The number of hydrogen-bond donors (Lipinski definition) is 2. The molecular formula is C12H22N4O3S. The molecule has 0 saturated carbocycles. The van der Waals surface area contributed by atoms with Crippen LogP contribution in [0.3, 0.4) is 0 Å². The topological polar surface area (TPSA) is 109 Å². The number of nitrogens with zero attached hydrogens (tertiary/aromatic N) is 2. The van der Waals surface area contributed by atoms with E-state index in [0.717, 1.165) is 0 Å². The van der Waals surface area contributed by atoms with E-state index in [1.807, 2.05) is 13.8 Å². The molecular weight excluding hydrogens is 280 g/mol. The SMILES string of the molecule is CC(C)CN(C)C(=O)c1n[nH]c(C(C)C)c1S(N)(=O)=O. The van der Waals surface area contributed by atoms with Crippen molar-refractivity contribution in [1.82, 2.24) is 15.1 Å². The average Bonchev–Trinajstić information content (AvgIpc) is 2.70. The molecule has 0 saturated heterocycles. The Morgan fingerprint density at radius 3 is 2.30 bits per heavy atom. The number of amides is 1. The lowest BCUT2D eigenvalue weighted by molar-refractivity contribution is 0.0769. The van der Waals surface area contributed by atoms with Gasteiger partial charge in [0.15, 0.2) is 5.69 Å². The lowest BCUT2D eigenvalue weighted by Gasteiger charge is -2.18. The number of rotatable bonds is 5. The van der Waals surface area contributed by atoms with Gasteiger partial charge in [0, 0.05) is 13.6 Å². The van der Waals surface area contributed by atoms with Gasteiger partial charge in [0.25, 0.3) is 5.91 Å². The van der Waals surface area contributed by atoms with Crippen LogP contribution in [0.1, 0.15) is 49.8 Å². The zero-order valence-electron chi connectivity index (χ0n) is 12.5. The molecule has 114 valence electrons. The molecule has 0 unspecified atom stereocenters. The third-order valence-corrected chi connectivity index (χ3v) is 3.78. The van der Waals surface area contributed by atoms with Gasteiger partial charge in [-0.2, -0.15) is 5.10 Å². The molecule has 0 aliphatic carbocycles. The fourth-order valence-corrected chi connectivity index (χ4v) is 2.97. The minimum absolute atomic E-state index is 0.132. The molecule has 0 aliphatic heterocycles. The first-order chi connectivity index (χ1) is 9.05. The van der Waals surface area contributed by atoms with Crippen LogP contribution in [0.2, 0.25) is 0 Å². The Morgan fingerprint density at radius 1 is 1.35 bits per heavy atom. The number of H-pyrrole nitrogens is 1. The Labute approximate surface area is 119 Å². The highest BCUT2D eigenvalue weighted by Crippen LogP contribution is 2.24. The summed E-state index contributed by atoms with van der Waals surface area (Å²) >= 11 is 0. The molecule has 0 aromatic carbocycles. The highest BCUT2D eigenvalue weighted by Gasteiger charge is 2.30. The van der Waals surface area contributed by atoms with E-state index in [-0.39, 0.29) is 22.4 Å². The number of nitrogens with two attached hydrogens (primary N) is 1. The molecule has 0 aliphatic rings. The third kappa shape index (κ3) is 3.57. The molecule has 20 heavy (non-hydrogen) atoms. The number of aromatic nitrogens is 2. The van der Waals surface area contributed by atoms with Gasteiger partial charge >= 0.3 is 0 Å². The Balaban J connectivity index is 3.30. The standard InChI is InChI=1S/C12H22N4O3S/c1-7(2)6-16(5)12(17)10-11(20(13,18)19)9(8(3)4)14-15-10/h7-8H,6H2,1-5H3,(H,14,15)(H2,13,18,19). The van der Waals surface area contributed by atoms with Crippen molar-refractivity contribution in [3.05, 3.63) is 11.4 Å². The van der Waals surface area contributed by atoms with Gasteiger partial charge in [0.2, 0.25) is 10.0 Å². The van der Waals surface area contributed by atoms with Gasteiger partial charge in [-0.3, -0.25) is 9.89 Å². The van der Waals surface area contributed by atoms with Gasteiger partial charge in [0.1, 0.15) is 4.90 Å². The van der Waals surface area contributed by atoms with E-state index < -0.39 is 15.9 Å². The Bertz CT molecular complexity index is 590. The van der Waals surface area contributed by atoms with Crippen molar-refractivity contribution in [2.75, 3.05) is 13.6 Å². The minimum Gasteiger partial charge on any atom is -0.340 e. The number of carbonyl (C=O) groups excluding carboxylic acids is 1. The van der Waals surface area contributed by atoms with E-state index in [2.05, 4.69) is 10.2 Å². The van der Waals surface area contributed by atoms with Crippen LogP contribution in [0.15, 0.2) is 4.90 Å². The Kier molecular flexibility index (Phi) is 4.93. The summed E-state index contributed by atoms with van der Waals surface area (Å²) in [7, 11) is -2.40. The van der Waals surface area contributed by atoms with E-state index in [1.54, 1.807) is 20.9 Å². The quantitative estimate of drug-likeness (QED) is 0.842. The van der Waals surface area contributed by atoms with Gasteiger partial charge in [-0.25, -0.2) is 13.6 Å². The summed E-state index contributed by atoms with van der Waals surface area (Å²) in [5.41, 5.74) is 0.216. The van der Waals surface area contributed by atoms with Crippen molar-refractivity contribution in [1.29, 1.82) is 0 Å². The van der Waals surface area contributed by atoms with Crippen molar-refractivity contribution in [3.8, 4) is 0 Å². The lowest BCUT2D eigenvalue weighted by Crippen LogP contribution is -2.32. The molecule has 3 N–H and O–H groups in total. The smallest absolute Gasteiger partial charge is 0.275 e. The second-order valence-electron chi connectivity index (χ2n) is 5.59. The monoisotopic (exact) mass is 302 g/mol. The van der Waals surface area contributed by atoms with Crippen LogP contribution in [-0.2, 0) is 10.0 Å². The van der Waals surface area contributed by atoms with Gasteiger partial charge < -0.3 is 4.90 Å². The molecule has 1 heterocycles. The van der Waals surface area contributed by atoms with Gasteiger partial charge in [-0.1, -0.05) is 27.7 Å². The molecule has 0 spiro atoms. The maximum Gasteiger partial charge on any atom is 0.275 e. The molecule has 1 aromatic rings. The highest BCUT2D eigenvalue weighted by molar-refractivity contribution is 7.89. The summed E-state index contributed by atoms with van der Waals surface area (Å²) in [6.07, 6.45) is 0. The average molecular weight is 302 g/mol. The summed E-state index contributed by atoms with van der Waals surface area (Å²) in [4.78, 5) is 13.6. The maximum absolute atomic E-state index is 12.3. The van der Waals surface area contributed by atoms with E-state index in [1.165, 1.54) is 4.90 Å². The second kappa shape index (κ2) is 5.92. The molecule has 0 bridgehead atoms. The van der Waals surface area contributed by atoms with Crippen LogP contribution in [0, 0.1) is 5.92 Å². The number of aromatic amines is 1. The van der Waals surface area contributed by atoms with Crippen LogP contribution in [-0.4, -0.2) is 43.0 Å². The predicted octanol–water partition coefficient (Wildman–Crippen LogP) is 0.909. The lowest BCUT2D eigenvalue weighted by atomic mass is 10.1. The first-order valence-corrected chi connectivity index (χ1v) is 7.96. The van der Waals surface area contributed by atoms with E-state index in [4.69, 9.17) is 5.14 Å². The molecule has 0 atom stereocenters. The number of hydrogen-bond acceptors (Lipinski definition) is 4. The normalized spacial score (nSPS) is 12.2. The van der Waals surface area contributed by atoms with E-state index >= 15 is 0 Å². The zero-order chi connectivity index (χ0) is 15.7. The van der Waals surface area contributed by atoms with Crippen molar-refractivity contribution in [2.45, 2.75) is 38.5 Å². The summed E-state index contributed by atoms with van der Waals surface area (Å²) in [6.45, 7) is 8.04. The van der Waals surface area contributed by atoms with E-state index in [9.17, 15) is 13.2 Å². The number of carbonyl (C=O) groups is 1. The Hall–Kier alpha value is -1.41. The van der Waals surface area contributed by atoms with Crippen molar-refractivity contribution >= 4 is 15.9 Å². The number of sulfonamides is 1. The van der Waals surface area contributed by atoms with Crippen LogP contribution < -0.4 is 5.14 Å². The number of nitrogens with one attached hydrogen (secondary N) is 1. The zero-order valence-corrected chi connectivity index (χ0v) is 13.3. The van der Waals surface area contributed by atoms with Crippen LogP contribution in [0.5, 0.6) is 0 Å². The molecule has 1 amide bonds. The fraction of sp³-hybridized carbons (Fsp3) is 0.667. The van der Waals surface area contributed by atoms with Crippen LogP contribution in [0.25, 0.3) is 0 Å². The first-order valence-electron chi connectivity index (χ1n) is 6.42. The Morgan fingerprint density at radius 2 is 1.90 bits per heavy atom. The van der Waals surface area contributed by atoms with Gasteiger partial charge in [0.05, 0.1) is 5.69 Å². The van der Waals surface area contributed by atoms with Crippen molar-refractivity contribution < 1.29 is 13.2 Å². The molecule has 7 nitrogen and oxygen atoms in total. The van der Waals surface area contributed by atoms with Crippen molar-refractivity contribution in [2.24, 2.45) is 11.1 Å². The largest absolute Gasteiger partial charge is 0.340 e. The maximum atomic E-state index is 12.3. The van der Waals surface area contributed by atoms with Crippen LogP contribution in [0.4, 0.5) is 0 Å². The van der Waals surface area contributed by atoms with Crippen molar-refractivity contribution in [3.63, 3.8) is 0 Å². The minimum atomic E-state index is -4.01. The summed E-state index contributed by atoms with van der Waals surface area (Å²) in [5.74, 6) is -0.316. The number of primary sulfonamides is 1. The molecule has 0 radical (unpaired) electrons. The second-order valence-corrected chi connectivity index (χ2v) is 7.09.